The first kappa shape index (κ1) is 15.4. The van der Waals surface area contributed by atoms with Crippen molar-refractivity contribution in [3.8, 4) is 11.3 Å². The fraction of sp³-hybridized carbons (Fsp3) is 0.353. The number of morpholine rings is 1. The average Bonchev–Trinajstić information content (AvgIpc) is 2.54. The maximum absolute atomic E-state index is 11.6. The molecule has 2 heterocycles. The van der Waals surface area contributed by atoms with Crippen molar-refractivity contribution >= 4 is 11.9 Å². The summed E-state index contributed by atoms with van der Waals surface area (Å²) < 4.78 is 5.74. The Hall–Kier alpha value is -2.47. The summed E-state index contributed by atoms with van der Waals surface area (Å²) in [5.41, 5.74) is 7.28. The fourth-order valence-corrected chi connectivity index (χ4v) is 2.80. The molecule has 0 radical (unpaired) electrons. The SMILES string of the molecule is CC1CN(c2nc(C(N)=O)cc(-c3ccccc3)n2)CC(C)O1. The molecule has 120 valence electrons. The molecule has 0 bridgehead atoms. The summed E-state index contributed by atoms with van der Waals surface area (Å²) in [7, 11) is 0. The Bertz CT molecular complexity index is 695. The summed E-state index contributed by atoms with van der Waals surface area (Å²) in [6.07, 6.45) is 0.166. The Balaban J connectivity index is 2.03. The lowest BCUT2D eigenvalue weighted by Crippen LogP contribution is -2.46. The third-order valence-corrected chi connectivity index (χ3v) is 3.74. The number of nitrogens with zero attached hydrogens (tertiary/aromatic N) is 3. The molecule has 0 spiro atoms. The summed E-state index contributed by atoms with van der Waals surface area (Å²) in [6, 6.07) is 11.3. The molecule has 0 saturated carbocycles. The lowest BCUT2D eigenvalue weighted by atomic mass is 10.1. The first-order chi connectivity index (χ1) is 11.0. The molecule has 3 rings (SSSR count). The van der Waals surface area contributed by atoms with Gasteiger partial charge in [-0.25, -0.2) is 9.97 Å². The van der Waals surface area contributed by atoms with Crippen LogP contribution in [-0.2, 0) is 4.74 Å². The second kappa shape index (κ2) is 6.34. The van der Waals surface area contributed by atoms with Crippen LogP contribution < -0.4 is 10.6 Å². The molecule has 2 aromatic rings. The highest BCUT2D eigenvalue weighted by molar-refractivity contribution is 5.92. The zero-order valence-corrected chi connectivity index (χ0v) is 13.3. The molecule has 6 heteroatoms. The number of anilines is 1. The number of carbonyl (C=O) groups excluding carboxylic acids is 1. The van der Waals surface area contributed by atoms with Gasteiger partial charge in [-0.1, -0.05) is 30.3 Å². The van der Waals surface area contributed by atoms with Gasteiger partial charge in [0.05, 0.1) is 17.9 Å². The van der Waals surface area contributed by atoms with E-state index < -0.39 is 5.91 Å². The minimum absolute atomic E-state index is 0.0831. The molecule has 1 aliphatic rings. The van der Waals surface area contributed by atoms with Gasteiger partial charge in [-0.3, -0.25) is 4.79 Å². The number of nitrogens with two attached hydrogens (primary N) is 1. The van der Waals surface area contributed by atoms with Crippen LogP contribution in [0.4, 0.5) is 5.95 Å². The number of aromatic nitrogens is 2. The van der Waals surface area contributed by atoms with Crippen LogP contribution in [0.25, 0.3) is 11.3 Å². The van der Waals surface area contributed by atoms with E-state index in [1.54, 1.807) is 6.07 Å². The monoisotopic (exact) mass is 312 g/mol. The van der Waals surface area contributed by atoms with E-state index in [0.717, 1.165) is 5.56 Å². The van der Waals surface area contributed by atoms with Gasteiger partial charge in [-0.05, 0) is 19.9 Å². The normalized spacial score (nSPS) is 21.2. The minimum Gasteiger partial charge on any atom is -0.372 e. The van der Waals surface area contributed by atoms with Crippen LogP contribution in [0.3, 0.4) is 0 Å². The van der Waals surface area contributed by atoms with Gasteiger partial charge >= 0.3 is 0 Å². The lowest BCUT2D eigenvalue weighted by molar-refractivity contribution is -0.00571. The van der Waals surface area contributed by atoms with Crippen molar-refractivity contribution in [1.29, 1.82) is 0 Å². The Morgan fingerprint density at radius 2 is 1.83 bits per heavy atom. The molecule has 2 unspecified atom stereocenters. The van der Waals surface area contributed by atoms with Gasteiger partial charge in [0.2, 0.25) is 5.95 Å². The number of ether oxygens (including phenoxy) is 1. The van der Waals surface area contributed by atoms with Crippen molar-refractivity contribution in [1.82, 2.24) is 9.97 Å². The molecule has 6 nitrogen and oxygen atoms in total. The zero-order valence-electron chi connectivity index (χ0n) is 13.3. The Kier molecular flexibility index (Phi) is 4.25. The van der Waals surface area contributed by atoms with Crippen LogP contribution >= 0.6 is 0 Å². The van der Waals surface area contributed by atoms with E-state index in [0.29, 0.717) is 24.7 Å². The van der Waals surface area contributed by atoms with Crippen molar-refractivity contribution in [2.45, 2.75) is 26.1 Å². The van der Waals surface area contributed by atoms with Gasteiger partial charge in [0, 0.05) is 18.7 Å². The smallest absolute Gasteiger partial charge is 0.267 e. The highest BCUT2D eigenvalue weighted by Crippen LogP contribution is 2.23. The molecule has 2 N–H and O–H groups in total. The molecule has 23 heavy (non-hydrogen) atoms. The zero-order chi connectivity index (χ0) is 16.4. The van der Waals surface area contributed by atoms with E-state index in [1.165, 1.54) is 0 Å². The number of rotatable bonds is 3. The maximum Gasteiger partial charge on any atom is 0.267 e. The highest BCUT2D eigenvalue weighted by Gasteiger charge is 2.25. The molecule has 1 fully saturated rings. The van der Waals surface area contributed by atoms with Crippen LogP contribution in [0.1, 0.15) is 24.3 Å². The van der Waals surface area contributed by atoms with E-state index >= 15 is 0 Å². The van der Waals surface area contributed by atoms with Crippen molar-refractivity contribution in [2.75, 3.05) is 18.0 Å². The summed E-state index contributed by atoms with van der Waals surface area (Å²) in [4.78, 5) is 22.6. The van der Waals surface area contributed by atoms with Gasteiger partial charge in [-0.15, -0.1) is 0 Å². The van der Waals surface area contributed by atoms with E-state index in [1.807, 2.05) is 49.1 Å². The van der Waals surface area contributed by atoms with E-state index in [2.05, 4.69) is 9.97 Å². The summed E-state index contributed by atoms with van der Waals surface area (Å²) in [6.45, 7) is 5.39. The second-order valence-corrected chi connectivity index (χ2v) is 5.83. The quantitative estimate of drug-likeness (QED) is 0.935. The van der Waals surface area contributed by atoms with E-state index in [9.17, 15) is 4.79 Å². The molecule has 1 aromatic heterocycles. The Labute approximate surface area is 135 Å². The van der Waals surface area contributed by atoms with Crippen molar-refractivity contribution < 1.29 is 9.53 Å². The Morgan fingerprint density at radius 1 is 1.17 bits per heavy atom. The van der Waals surface area contributed by atoms with Crippen molar-refractivity contribution in [3.63, 3.8) is 0 Å². The first-order valence-corrected chi connectivity index (χ1v) is 7.67. The molecule has 0 aliphatic carbocycles. The standard InChI is InChI=1S/C17H20N4O2/c1-11-9-21(10-12(2)23-11)17-19-14(8-15(20-17)16(18)22)13-6-4-3-5-7-13/h3-8,11-12H,9-10H2,1-2H3,(H2,18,22). The molecular formula is C17H20N4O2. The molecule has 1 amide bonds. The molecule has 1 aromatic carbocycles. The number of carbonyl (C=O) groups is 1. The van der Waals surface area contributed by atoms with Gasteiger partial charge in [0.25, 0.3) is 5.91 Å². The van der Waals surface area contributed by atoms with Crippen LogP contribution in [0, 0.1) is 0 Å². The van der Waals surface area contributed by atoms with Crippen LogP contribution in [-0.4, -0.2) is 41.2 Å². The van der Waals surface area contributed by atoms with Gasteiger partial charge in [0.15, 0.2) is 0 Å². The number of primary amides is 1. The summed E-state index contributed by atoms with van der Waals surface area (Å²) in [5, 5.41) is 0. The summed E-state index contributed by atoms with van der Waals surface area (Å²) in [5.74, 6) is -0.0395. The number of benzene rings is 1. The molecule has 2 atom stereocenters. The predicted octanol–water partition coefficient (Wildman–Crippen LogP) is 1.86. The Morgan fingerprint density at radius 3 is 2.43 bits per heavy atom. The molecule has 1 aliphatic heterocycles. The van der Waals surface area contributed by atoms with Gasteiger partial charge in [-0.2, -0.15) is 0 Å². The van der Waals surface area contributed by atoms with E-state index in [-0.39, 0.29) is 17.9 Å². The minimum atomic E-state index is -0.555. The summed E-state index contributed by atoms with van der Waals surface area (Å²) >= 11 is 0. The first-order valence-electron chi connectivity index (χ1n) is 7.67. The maximum atomic E-state index is 11.6. The average molecular weight is 312 g/mol. The van der Waals surface area contributed by atoms with Gasteiger partial charge in [0.1, 0.15) is 5.69 Å². The van der Waals surface area contributed by atoms with Crippen molar-refractivity contribution in [3.05, 3.63) is 42.1 Å². The topological polar surface area (TPSA) is 81.3 Å². The molecule has 1 saturated heterocycles. The lowest BCUT2D eigenvalue weighted by Gasteiger charge is -2.35. The number of hydrogen-bond acceptors (Lipinski definition) is 5. The number of amides is 1. The predicted molar refractivity (Wildman–Crippen MR) is 88.2 cm³/mol. The molecular weight excluding hydrogens is 292 g/mol. The second-order valence-electron chi connectivity index (χ2n) is 5.83. The number of hydrogen-bond donors (Lipinski definition) is 1. The highest BCUT2D eigenvalue weighted by atomic mass is 16.5. The van der Waals surface area contributed by atoms with Crippen LogP contribution in [0.15, 0.2) is 36.4 Å². The largest absolute Gasteiger partial charge is 0.372 e. The third-order valence-electron chi connectivity index (χ3n) is 3.74. The van der Waals surface area contributed by atoms with E-state index in [4.69, 9.17) is 10.5 Å². The van der Waals surface area contributed by atoms with Crippen LogP contribution in [0.2, 0.25) is 0 Å². The fourth-order valence-electron chi connectivity index (χ4n) is 2.80. The van der Waals surface area contributed by atoms with Gasteiger partial charge < -0.3 is 15.4 Å². The third kappa shape index (κ3) is 3.48. The van der Waals surface area contributed by atoms with Crippen molar-refractivity contribution in [2.24, 2.45) is 5.73 Å². The van der Waals surface area contributed by atoms with Crippen LogP contribution in [0.5, 0.6) is 0 Å².